The van der Waals surface area contributed by atoms with Crippen molar-refractivity contribution in [1.82, 2.24) is 8.75 Å². The number of carboxylic acid groups (broad SMARTS) is 1. The summed E-state index contributed by atoms with van der Waals surface area (Å²) in [6, 6.07) is 15.5. The van der Waals surface area contributed by atoms with Crippen molar-refractivity contribution in [2.75, 3.05) is 13.7 Å². The number of nitrogens with zero attached hydrogens (tertiary/aromatic N) is 2. The van der Waals surface area contributed by atoms with E-state index in [1.807, 2.05) is 13.0 Å². The molecule has 174 valence electrons. The number of thiophene rings is 1. The summed E-state index contributed by atoms with van der Waals surface area (Å²) in [5.41, 5.74) is 2.18. The first-order valence-electron chi connectivity index (χ1n) is 10.6. The molecule has 1 N–H and O–H groups in total. The Labute approximate surface area is 204 Å². The van der Waals surface area contributed by atoms with Gasteiger partial charge in [0, 0.05) is 22.4 Å². The van der Waals surface area contributed by atoms with Crippen LogP contribution in [0.5, 0.6) is 10.8 Å². The molecular formula is C25H22N2O5S2. The molecule has 0 unspecified atom stereocenters. The van der Waals surface area contributed by atoms with Crippen LogP contribution in [0.25, 0.3) is 16.6 Å². The van der Waals surface area contributed by atoms with E-state index >= 15 is 0 Å². The number of rotatable bonds is 10. The zero-order valence-electron chi connectivity index (χ0n) is 18.6. The number of carbonyl (C=O) groups is 2. The summed E-state index contributed by atoms with van der Waals surface area (Å²) in [5.74, 6) is -0.882. The molecule has 0 saturated heterocycles. The fourth-order valence-corrected chi connectivity index (χ4v) is 4.83. The molecule has 0 aliphatic carbocycles. The molecule has 7 nitrogen and oxygen atoms in total. The number of allylic oxidation sites excluding steroid dienone is 1. The minimum absolute atomic E-state index is 0.0569. The zero-order chi connectivity index (χ0) is 24.1. The number of hydrogen-bond donors (Lipinski definition) is 1. The smallest absolute Gasteiger partial charge is 0.336 e. The minimum Gasteiger partial charge on any atom is -0.494 e. The van der Waals surface area contributed by atoms with Gasteiger partial charge in [0.25, 0.3) is 0 Å². The van der Waals surface area contributed by atoms with Gasteiger partial charge >= 0.3 is 5.97 Å². The Hall–Kier alpha value is -3.56. The van der Waals surface area contributed by atoms with Crippen LogP contribution >= 0.6 is 23.1 Å². The highest BCUT2D eigenvalue weighted by atomic mass is 32.1. The highest BCUT2D eigenvalue weighted by molar-refractivity contribution is 7.13. The lowest BCUT2D eigenvalue weighted by atomic mass is 9.91. The highest BCUT2D eigenvalue weighted by Crippen LogP contribution is 2.32. The first-order chi connectivity index (χ1) is 16.5. The van der Waals surface area contributed by atoms with Crippen LogP contribution in [0.1, 0.15) is 34.1 Å². The molecule has 4 aromatic rings. The third kappa shape index (κ3) is 5.16. The monoisotopic (exact) mass is 494 g/mol. The lowest BCUT2D eigenvalue weighted by molar-refractivity contribution is -0.130. The van der Waals surface area contributed by atoms with Crippen molar-refractivity contribution in [2.45, 2.75) is 19.8 Å². The number of methoxy groups -OCH3 is 1. The van der Waals surface area contributed by atoms with Crippen molar-refractivity contribution in [3.63, 3.8) is 0 Å². The van der Waals surface area contributed by atoms with Crippen molar-refractivity contribution in [3.05, 3.63) is 76.2 Å². The third-order valence-corrected chi connectivity index (χ3v) is 6.71. The summed E-state index contributed by atoms with van der Waals surface area (Å²) in [7, 11) is 1.57. The van der Waals surface area contributed by atoms with Gasteiger partial charge in [-0.1, -0.05) is 13.0 Å². The Kier molecular flexibility index (Phi) is 7.34. The van der Waals surface area contributed by atoms with Crippen molar-refractivity contribution >= 4 is 51.4 Å². The standard InChI is InChI=1S/C25H22N2O5S2/c1-3-12-32-17-7-4-15(5-8-17)24(28)19(14-18-9-11-22(31-2)33-18)23(25(29)30)16-6-10-20-21(13-16)27-34-26-20/h4-11,13H,3,12,14H2,1-2H3,(H,29,30). The Morgan fingerprint density at radius 2 is 1.71 bits per heavy atom. The van der Waals surface area contributed by atoms with E-state index in [4.69, 9.17) is 9.47 Å². The maximum Gasteiger partial charge on any atom is 0.336 e. The van der Waals surface area contributed by atoms with Gasteiger partial charge in [0.15, 0.2) is 10.8 Å². The Bertz CT molecular complexity index is 1360. The van der Waals surface area contributed by atoms with Gasteiger partial charge in [-0.05, 0) is 60.5 Å². The quantitative estimate of drug-likeness (QED) is 0.229. The molecule has 0 amide bonds. The average molecular weight is 495 g/mol. The van der Waals surface area contributed by atoms with Gasteiger partial charge in [-0.2, -0.15) is 8.75 Å². The predicted molar refractivity (Wildman–Crippen MR) is 133 cm³/mol. The van der Waals surface area contributed by atoms with E-state index in [0.717, 1.165) is 23.0 Å². The Balaban J connectivity index is 1.81. The van der Waals surface area contributed by atoms with Gasteiger partial charge in [-0.25, -0.2) is 4.79 Å². The topological polar surface area (TPSA) is 98.6 Å². The zero-order valence-corrected chi connectivity index (χ0v) is 20.2. The molecule has 2 aromatic carbocycles. The molecule has 34 heavy (non-hydrogen) atoms. The predicted octanol–water partition coefficient (Wildman–Crippen LogP) is 5.51. The minimum atomic E-state index is -1.18. The Morgan fingerprint density at radius 1 is 0.971 bits per heavy atom. The second-order valence-corrected chi connectivity index (χ2v) is 9.09. The van der Waals surface area contributed by atoms with Gasteiger partial charge in [0.1, 0.15) is 16.8 Å². The number of ether oxygens (including phenoxy) is 2. The largest absolute Gasteiger partial charge is 0.494 e. The maximum absolute atomic E-state index is 13.7. The normalized spacial score (nSPS) is 11.8. The lowest BCUT2D eigenvalue weighted by Gasteiger charge is -2.13. The molecule has 9 heteroatoms. The fraction of sp³-hybridized carbons (Fsp3) is 0.200. The summed E-state index contributed by atoms with van der Waals surface area (Å²) in [4.78, 5) is 27.0. The maximum atomic E-state index is 13.7. The molecule has 0 saturated carbocycles. The molecular weight excluding hydrogens is 472 g/mol. The summed E-state index contributed by atoms with van der Waals surface area (Å²) >= 11 is 2.42. The number of hydrogen-bond acceptors (Lipinski definition) is 8. The van der Waals surface area contributed by atoms with Crippen LogP contribution in [0.3, 0.4) is 0 Å². The van der Waals surface area contributed by atoms with E-state index in [1.54, 1.807) is 55.6 Å². The molecule has 4 rings (SSSR count). The summed E-state index contributed by atoms with van der Waals surface area (Å²) in [6.45, 7) is 2.59. The molecule has 2 aromatic heterocycles. The van der Waals surface area contributed by atoms with Gasteiger partial charge in [0.2, 0.25) is 0 Å². The third-order valence-electron chi connectivity index (χ3n) is 5.11. The molecule has 0 aliphatic rings. The molecule has 0 bridgehead atoms. The van der Waals surface area contributed by atoms with Crippen LogP contribution in [0.15, 0.2) is 60.2 Å². The fourth-order valence-electron chi connectivity index (χ4n) is 3.48. The number of fused-ring (bicyclic) bond motifs is 1. The van der Waals surface area contributed by atoms with E-state index in [2.05, 4.69) is 8.75 Å². The van der Waals surface area contributed by atoms with Crippen molar-refractivity contribution in [2.24, 2.45) is 0 Å². The number of carbonyl (C=O) groups excluding carboxylic acids is 1. The first-order valence-corrected chi connectivity index (χ1v) is 12.1. The van der Waals surface area contributed by atoms with Crippen LogP contribution in [0.2, 0.25) is 0 Å². The number of aliphatic carboxylic acids is 1. The van der Waals surface area contributed by atoms with E-state index in [0.29, 0.717) is 39.6 Å². The molecule has 0 spiro atoms. The summed E-state index contributed by atoms with van der Waals surface area (Å²) in [6.07, 6.45) is 1.02. The van der Waals surface area contributed by atoms with Crippen LogP contribution in [0.4, 0.5) is 0 Å². The summed E-state index contributed by atoms with van der Waals surface area (Å²) < 4.78 is 19.3. The van der Waals surface area contributed by atoms with E-state index in [-0.39, 0.29) is 23.4 Å². The van der Waals surface area contributed by atoms with Crippen LogP contribution < -0.4 is 9.47 Å². The SMILES string of the molecule is CCCOc1ccc(C(=O)C(Cc2ccc(OC)s2)=C(C(=O)O)c2ccc3nsnc3c2)cc1. The van der Waals surface area contributed by atoms with Crippen LogP contribution in [0, 0.1) is 0 Å². The lowest BCUT2D eigenvalue weighted by Crippen LogP contribution is -2.13. The van der Waals surface area contributed by atoms with Crippen molar-refractivity contribution in [1.29, 1.82) is 0 Å². The number of Topliss-reactive ketones (excluding diaryl/α,β-unsaturated/α-hetero) is 1. The van der Waals surface area contributed by atoms with Gasteiger partial charge in [0.05, 0.1) is 31.0 Å². The van der Waals surface area contributed by atoms with Gasteiger partial charge < -0.3 is 14.6 Å². The number of aromatic nitrogens is 2. The molecule has 0 aliphatic heterocycles. The molecule has 0 radical (unpaired) electrons. The Morgan fingerprint density at radius 3 is 2.38 bits per heavy atom. The number of benzene rings is 2. The number of carboxylic acids is 1. The van der Waals surface area contributed by atoms with Gasteiger partial charge in [-0.3, -0.25) is 4.79 Å². The highest BCUT2D eigenvalue weighted by Gasteiger charge is 2.25. The second-order valence-electron chi connectivity index (χ2n) is 7.43. The number of ketones is 1. The van der Waals surface area contributed by atoms with E-state index in [9.17, 15) is 14.7 Å². The van der Waals surface area contributed by atoms with Crippen LogP contribution in [-0.4, -0.2) is 39.3 Å². The first kappa shape index (κ1) is 23.6. The van der Waals surface area contributed by atoms with Crippen molar-refractivity contribution in [3.8, 4) is 10.8 Å². The molecule has 0 fully saturated rings. The van der Waals surface area contributed by atoms with E-state index < -0.39 is 5.97 Å². The van der Waals surface area contributed by atoms with E-state index in [1.165, 1.54) is 11.3 Å². The van der Waals surface area contributed by atoms with Crippen LogP contribution in [-0.2, 0) is 11.2 Å². The summed E-state index contributed by atoms with van der Waals surface area (Å²) in [5, 5.41) is 10.9. The molecule has 0 atom stereocenters. The average Bonchev–Trinajstić information content (AvgIpc) is 3.51. The van der Waals surface area contributed by atoms with Gasteiger partial charge in [-0.15, -0.1) is 11.3 Å². The molecule has 2 heterocycles. The second kappa shape index (κ2) is 10.6. The van der Waals surface area contributed by atoms with Crippen molar-refractivity contribution < 1.29 is 24.2 Å².